The smallest absolute Gasteiger partial charge is 0.0955 e. The van der Waals surface area contributed by atoms with Gasteiger partial charge in [0.15, 0.2) is 0 Å². The number of hydrogen-bond acceptors (Lipinski definition) is 2. The van der Waals surface area contributed by atoms with Crippen LogP contribution < -0.4 is 5.32 Å². The third-order valence-corrected chi connectivity index (χ3v) is 3.32. The second-order valence-electron chi connectivity index (χ2n) is 4.30. The lowest BCUT2D eigenvalue weighted by atomic mass is 9.82. The van der Waals surface area contributed by atoms with Gasteiger partial charge in [-0.2, -0.15) is 0 Å². The van der Waals surface area contributed by atoms with E-state index in [2.05, 4.69) is 18.2 Å². The normalized spacial score (nSPS) is 21.9. The van der Waals surface area contributed by atoms with Crippen molar-refractivity contribution in [3.05, 3.63) is 0 Å². The maximum atomic E-state index is 5.59. The maximum absolute atomic E-state index is 5.59. The zero-order valence-electron chi connectivity index (χ0n) is 9.96. The highest BCUT2D eigenvalue weighted by Gasteiger charge is 2.28. The molecule has 1 saturated carbocycles. The molecule has 1 aliphatic rings. The Bertz CT molecular complexity index is 203. The minimum atomic E-state index is 0.0723. The van der Waals surface area contributed by atoms with E-state index < -0.39 is 0 Å². The van der Waals surface area contributed by atoms with Crippen molar-refractivity contribution in [1.82, 2.24) is 5.32 Å². The van der Waals surface area contributed by atoms with Crippen LogP contribution in [0.15, 0.2) is 0 Å². The molecular weight excluding hydrogens is 186 g/mol. The van der Waals surface area contributed by atoms with Gasteiger partial charge in [-0.3, -0.25) is 0 Å². The highest BCUT2D eigenvalue weighted by atomic mass is 16.5. The molecule has 15 heavy (non-hydrogen) atoms. The molecule has 1 aliphatic carbocycles. The number of rotatable bonds is 5. The van der Waals surface area contributed by atoms with Gasteiger partial charge in [-0.15, -0.1) is 6.42 Å². The topological polar surface area (TPSA) is 21.3 Å². The SMILES string of the molecule is C#CC(NCC)C(OC)C1CCCCC1. The molecule has 1 N–H and O–H groups in total. The molecule has 0 spiro atoms. The quantitative estimate of drug-likeness (QED) is 0.701. The van der Waals surface area contributed by atoms with E-state index >= 15 is 0 Å². The third kappa shape index (κ3) is 3.52. The number of nitrogens with one attached hydrogen (secondary N) is 1. The molecule has 0 bridgehead atoms. The van der Waals surface area contributed by atoms with Crippen LogP contribution in [0.3, 0.4) is 0 Å². The Balaban J connectivity index is 2.55. The molecule has 0 aliphatic heterocycles. The van der Waals surface area contributed by atoms with Crippen LogP contribution in [-0.4, -0.2) is 25.8 Å². The molecule has 2 heteroatoms. The highest BCUT2D eigenvalue weighted by Crippen LogP contribution is 2.29. The van der Waals surface area contributed by atoms with Crippen LogP contribution in [0.2, 0.25) is 0 Å². The molecule has 0 aromatic rings. The number of terminal acetylenes is 1. The van der Waals surface area contributed by atoms with Gasteiger partial charge in [0, 0.05) is 7.11 Å². The number of methoxy groups -OCH3 is 1. The molecule has 2 nitrogen and oxygen atoms in total. The van der Waals surface area contributed by atoms with Crippen LogP contribution >= 0.6 is 0 Å². The predicted octanol–water partition coefficient (Wildman–Crippen LogP) is 2.19. The first-order valence-electron chi connectivity index (χ1n) is 6.05. The van der Waals surface area contributed by atoms with Gasteiger partial charge in [-0.25, -0.2) is 0 Å². The van der Waals surface area contributed by atoms with E-state index in [9.17, 15) is 0 Å². The van der Waals surface area contributed by atoms with Crippen molar-refractivity contribution in [2.75, 3.05) is 13.7 Å². The zero-order chi connectivity index (χ0) is 11.1. The molecule has 0 saturated heterocycles. The van der Waals surface area contributed by atoms with Gasteiger partial charge in [-0.05, 0) is 25.3 Å². The summed E-state index contributed by atoms with van der Waals surface area (Å²) < 4.78 is 5.59. The van der Waals surface area contributed by atoms with Gasteiger partial charge in [0.1, 0.15) is 0 Å². The molecule has 1 rings (SSSR count). The van der Waals surface area contributed by atoms with Crippen LogP contribution in [0.4, 0.5) is 0 Å². The van der Waals surface area contributed by atoms with Crippen molar-refractivity contribution >= 4 is 0 Å². The Morgan fingerprint density at radius 3 is 2.53 bits per heavy atom. The van der Waals surface area contributed by atoms with E-state index in [0.29, 0.717) is 5.92 Å². The summed E-state index contributed by atoms with van der Waals surface area (Å²) in [6.45, 7) is 2.99. The highest BCUT2D eigenvalue weighted by molar-refractivity contribution is 5.04. The molecule has 2 atom stereocenters. The molecule has 0 aromatic carbocycles. The van der Waals surface area contributed by atoms with Gasteiger partial charge in [0.2, 0.25) is 0 Å². The minimum Gasteiger partial charge on any atom is -0.379 e. The minimum absolute atomic E-state index is 0.0723. The molecule has 0 radical (unpaired) electrons. The fourth-order valence-electron chi connectivity index (χ4n) is 2.55. The van der Waals surface area contributed by atoms with Crippen LogP contribution in [-0.2, 0) is 4.74 Å². The standard InChI is InChI=1S/C13H23NO/c1-4-12(14-5-2)13(15-3)11-9-7-6-8-10-11/h1,11-14H,5-10H2,2-3H3. The van der Waals surface area contributed by atoms with Crippen molar-refractivity contribution in [1.29, 1.82) is 0 Å². The summed E-state index contributed by atoms with van der Waals surface area (Å²) in [5.41, 5.74) is 0. The first-order valence-corrected chi connectivity index (χ1v) is 6.05. The van der Waals surface area contributed by atoms with Crippen LogP contribution in [0.5, 0.6) is 0 Å². The number of likely N-dealkylation sites (N-methyl/N-ethyl adjacent to an activating group) is 1. The molecule has 86 valence electrons. The lowest BCUT2D eigenvalue weighted by molar-refractivity contribution is 0.0222. The molecular formula is C13H23NO. The van der Waals surface area contributed by atoms with E-state index in [0.717, 1.165) is 6.54 Å². The summed E-state index contributed by atoms with van der Waals surface area (Å²) in [5, 5.41) is 3.32. The lowest BCUT2D eigenvalue weighted by Crippen LogP contribution is -2.44. The van der Waals surface area contributed by atoms with E-state index in [-0.39, 0.29) is 12.1 Å². The summed E-state index contributed by atoms with van der Waals surface area (Å²) >= 11 is 0. The van der Waals surface area contributed by atoms with Crippen molar-refractivity contribution in [3.63, 3.8) is 0 Å². The Morgan fingerprint density at radius 2 is 2.07 bits per heavy atom. The molecule has 1 fully saturated rings. The number of hydrogen-bond donors (Lipinski definition) is 1. The van der Waals surface area contributed by atoms with E-state index in [4.69, 9.17) is 11.2 Å². The first kappa shape index (κ1) is 12.5. The Labute approximate surface area is 93.8 Å². The summed E-state index contributed by atoms with van der Waals surface area (Å²) in [6, 6.07) is 0.0723. The Hall–Kier alpha value is -0.520. The molecule has 0 amide bonds. The largest absolute Gasteiger partial charge is 0.379 e. The average Bonchev–Trinajstić information content (AvgIpc) is 2.30. The van der Waals surface area contributed by atoms with Crippen molar-refractivity contribution in [2.45, 2.75) is 51.2 Å². The van der Waals surface area contributed by atoms with Crippen molar-refractivity contribution in [2.24, 2.45) is 5.92 Å². The van der Waals surface area contributed by atoms with Gasteiger partial charge < -0.3 is 10.1 Å². The molecule has 0 aromatic heterocycles. The van der Waals surface area contributed by atoms with Gasteiger partial charge in [-0.1, -0.05) is 32.1 Å². The second-order valence-corrected chi connectivity index (χ2v) is 4.30. The summed E-state index contributed by atoms with van der Waals surface area (Å²) in [6.07, 6.45) is 12.3. The molecule has 2 unspecified atom stereocenters. The average molecular weight is 209 g/mol. The van der Waals surface area contributed by atoms with Crippen molar-refractivity contribution < 1.29 is 4.74 Å². The molecule has 0 heterocycles. The van der Waals surface area contributed by atoms with E-state index in [1.165, 1.54) is 32.1 Å². The summed E-state index contributed by atoms with van der Waals surface area (Å²) in [4.78, 5) is 0. The zero-order valence-corrected chi connectivity index (χ0v) is 9.96. The van der Waals surface area contributed by atoms with Crippen LogP contribution in [0.25, 0.3) is 0 Å². The van der Waals surface area contributed by atoms with Crippen molar-refractivity contribution in [3.8, 4) is 12.3 Å². The second kappa shape index (κ2) is 6.87. The Morgan fingerprint density at radius 1 is 1.40 bits per heavy atom. The van der Waals surface area contributed by atoms with Gasteiger partial charge in [0.25, 0.3) is 0 Å². The summed E-state index contributed by atoms with van der Waals surface area (Å²) in [5.74, 6) is 3.46. The number of ether oxygens (including phenoxy) is 1. The van der Waals surface area contributed by atoms with E-state index in [1.807, 2.05) is 0 Å². The summed E-state index contributed by atoms with van der Waals surface area (Å²) in [7, 11) is 1.78. The lowest BCUT2D eigenvalue weighted by Gasteiger charge is -2.32. The monoisotopic (exact) mass is 209 g/mol. The van der Waals surface area contributed by atoms with E-state index in [1.54, 1.807) is 7.11 Å². The van der Waals surface area contributed by atoms with Crippen LogP contribution in [0.1, 0.15) is 39.0 Å². The predicted molar refractivity (Wildman–Crippen MR) is 63.7 cm³/mol. The third-order valence-electron chi connectivity index (χ3n) is 3.32. The fourth-order valence-corrected chi connectivity index (χ4v) is 2.55. The van der Waals surface area contributed by atoms with Gasteiger partial charge in [0.05, 0.1) is 12.1 Å². The first-order chi connectivity index (χ1) is 7.33. The Kier molecular flexibility index (Phi) is 5.75. The van der Waals surface area contributed by atoms with Crippen LogP contribution in [0, 0.1) is 18.3 Å². The van der Waals surface area contributed by atoms with Gasteiger partial charge >= 0.3 is 0 Å². The fraction of sp³-hybridized carbons (Fsp3) is 0.846. The maximum Gasteiger partial charge on any atom is 0.0955 e.